The van der Waals surface area contributed by atoms with Crippen molar-refractivity contribution in [2.45, 2.75) is 38.8 Å². The molecule has 1 aliphatic rings. The Morgan fingerprint density at radius 2 is 2.16 bits per heavy atom. The number of anilines is 1. The summed E-state index contributed by atoms with van der Waals surface area (Å²) in [6, 6.07) is 8.44. The van der Waals surface area contributed by atoms with Crippen molar-refractivity contribution in [2.75, 3.05) is 11.9 Å². The highest BCUT2D eigenvalue weighted by Crippen LogP contribution is 2.29. The first-order valence-corrected chi connectivity index (χ1v) is 6.91. The molecule has 1 N–H and O–H groups in total. The Balaban J connectivity index is 2.23. The highest BCUT2D eigenvalue weighted by atomic mass is 16.2. The van der Waals surface area contributed by atoms with Gasteiger partial charge in [0.15, 0.2) is 0 Å². The molecule has 2 rings (SSSR count). The van der Waals surface area contributed by atoms with E-state index < -0.39 is 0 Å². The molecule has 0 unspecified atom stereocenters. The number of carbonyl (C=O) groups is 1. The van der Waals surface area contributed by atoms with E-state index in [0.717, 1.165) is 24.1 Å². The van der Waals surface area contributed by atoms with E-state index in [-0.39, 0.29) is 5.91 Å². The van der Waals surface area contributed by atoms with E-state index in [1.165, 1.54) is 0 Å². The molecular formula is C16H22N2O. The summed E-state index contributed by atoms with van der Waals surface area (Å²) < 4.78 is 0. The van der Waals surface area contributed by atoms with E-state index in [1.54, 1.807) is 6.08 Å². The Bertz CT molecular complexity index is 464. The van der Waals surface area contributed by atoms with Gasteiger partial charge in [0.2, 0.25) is 0 Å². The molecule has 0 aliphatic heterocycles. The number of nitrogens with one attached hydrogen (secondary N) is 1. The summed E-state index contributed by atoms with van der Waals surface area (Å²) in [7, 11) is 0. The maximum atomic E-state index is 12.7. The lowest BCUT2D eigenvalue weighted by atomic mass is 10.1. The molecule has 0 aromatic heterocycles. The fourth-order valence-corrected chi connectivity index (χ4v) is 2.18. The average Bonchev–Trinajstić information content (AvgIpc) is 3.19. The van der Waals surface area contributed by atoms with E-state index in [9.17, 15) is 4.79 Å². The number of nitrogens with zero attached hydrogens (tertiary/aromatic N) is 1. The number of para-hydroxylation sites is 1. The summed E-state index contributed by atoms with van der Waals surface area (Å²) in [6.45, 7) is 8.52. The fraction of sp³-hybridized carbons (Fsp3) is 0.438. The maximum absolute atomic E-state index is 12.7. The fourth-order valence-electron chi connectivity index (χ4n) is 2.18. The number of hydrogen-bond acceptors (Lipinski definition) is 2. The van der Waals surface area contributed by atoms with Crippen LogP contribution in [-0.4, -0.2) is 29.4 Å². The minimum atomic E-state index is 0.103. The molecule has 19 heavy (non-hydrogen) atoms. The van der Waals surface area contributed by atoms with Crippen LogP contribution in [0.1, 0.15) is 37.0 Å². The summed E-state index contributed by atoms with van der Waals surface area (Å²) in [6.07, 6.45) is 4.02. The Morgan fingerprint density at radius 1 is 1.47 bits per heavy atom. The third kappa shape index (κ3) is 3.37. The van der Waals surface area contributed by atoms with Crippen LogP contribution >= 0.6 is 0 Å². The lowest BCUT2D eigenvalue weighted by Gasteiger charge is -2.23. The van der Waals surface area contributed by atoms with Crippen molar-refractivity contribution in [3.63, 3.8) is 0 Å². The molecule has 1 amide bonds. The van der Waals surface area contributed by atoms with E-state index >= 15 is 0 Å². The molecule has 0 saturated heterocycles. The van der Waals surface area contributed by atoms with Crippen molar-refractivity contribution in [3.8, 4) is 0 Å². The van der Waals surface area contributed by atoms with E-state index in [0.29, 0.717) is 18.6 Å². The lowest BCUT2D eigenvalue weighted by Crippen LogP contribution is -2.33. The average molecular weight is 258 g/mol. The van der Waals surface area contributed by atoms with Gasteiger partial charge in [-0.05, 0) is 38.8 Å². The monoisotopic (exact) mass is 258 g/mol. The van der Waals surface area contributed by atoms with Crippen LogP contribution in [-0.2, 0) is 0 Å². The van der Waals surface area contributed by atoms with Crippen LogP contribution in [0.15, 0.2) is 36.9 Å². The van der Waals surface area contributed by atoms with Crippen molar-refractivity contribution < 1.29 is 4.79 Å². The highest BCUT2D eigenvalue weighted by molar-refractivity contribution is 6.00. The highest BCUT2D eigenvalue weighted by Gasteiger charge is 2.32. The Morgan fingerprint density at radius 3 is 2.74 bits per heavy atom. The molecule has 1 saturated carbocycles. The van der Waals surface area contributed by atoms with Crippen molar-refractivity contribution in [2.24, 2.45) is 0 Å². The summed E-state index contributed by atoms with van der Waals surface area (Å²) in [5.74, 6) is 0.103. The molecule has 0 atom stereocenters. The quantitative estimate of drug-likeness (QED) is 0.794. The van der Waals surface area contributed by atoms with Gasteiger partial charge in [-0.15, -0.1) is 6.58 Å². The standard InChI is InChI=1S/C16H22N2O/c1-4-11-18(13-9-10-13)16(19)14-7-5-6-8-15(14)17-12(2)3/h4-8,12-13,17H,1,9-11H2,2-3H3. The number of benzene rings is 1. The van der Waals surface area contributed by atoms with Gasteiger partial charge < -0.3 is 10.2 Å². The van der Waals surface area contributed by atoms with Gasteiger partial charge in [-0.1, -0.05) is 18.2 Å². The van der Waals surface area contributed by atoms with Crippen LogP contribution in [0.3, 0.4) is 0 Å². The molecule has 3 nitrogen and oxygen atoms in total. The first kappa shape index (κ1) is 13.7. The summed E-state index contributed by atoms with van der Waals surface area (Å²) in [4.78, 5) is 14.6. The summed E-state index contributed by atoms with van der Waals surface area (Å²) in [5.41, 5.74) is 1.67. The number of rotatable bonds is 6. The SMILES string of the molecule is C=CCN(C(=O)c1ccccc1NC(C)C)C1CC1. The predicted molar refractivity (Wildman–Crippen MR) is 79.5 cm³/mol. The molecule has 0 spiro atoms. The van der Waals surface area contributed by atoms with Gasteiger partial charge in [0.1, 0.15) is 0 Å². The van der Waals surface area contributed by atoms with Gasteiger partial charge in [-0.3, -0.25) is 4.79 Å². The lowest BCUT2D eigenvalue weighted by molar-refractivity contribution is 0.0763. The smallest absolute Gasteiger partial charge is 0.256 e. The number of hydrogen-bond donors (Lipinski definition) is 1. The van der Waals surface area contributed by atoms with Gasteiger partial charge >= 0.3 is 0 Å². The zero-order chi connectivity index (χ0) is 13.8. The second kappa shape index (κ2) is 5.91. The van der Waals surface area contributed by atoms with Gasteiger partial charge in [-0.2, -0.15) is 0 Å². The minimum absolute atomic E-state index is 0.103. The minimum Gasteiger partial charge on any atom is -0.382 e. The van der Waals surface area contributed by atoms with E-state index in [4.69, 9.17) is 0 Å². The van der Waals surface area contributed by atoms with Crippen molar-refractivity contribution >= 4 is 11.6 Å². The molecule has 1 aromatic carbocycles. The number of amides is 1. The first-order valence-electron chi connectivity index (χ1n) is 6.91. The van der Waals surface area contributed by atoms with Crippen LogP contribution < -0.4 is 5.32 Å². The van der Waals surface area contributed by atoms with E-state index in [1.807, 2.05) is 29.2 Å². The summed E-state index contributed by atoms with van der Waals surface area (Å²) in [5, 5.41) is 3.34. The van der Waals surface area contributed by atoms with Gasteiger partial charge in [0, 0.05) is 24.3 Å². The second-order valence-electron chi connectivity index (χ2n) is 5.32. The van der Waals surface area contributed by atoms with Crippen LogP contribution in [0.2, 0.25) is 0 Å². The molecule has 0 heterocycles. The van der Waals surface area contributed by atoms with E-state index in [2.05, 4.69) is 25.7 Å². The topological polar surface area (TPSA) is 32.3 Å². The molecule has 102 valence electrons. The van der Waals surface area contributed by atoms with Gasteiger partial charge in [0.05, 0.1) is 5.56 Å². The Kier molecular flexibility index (Phi) is 4.25. The number of carbonyl (C=O) groups excluding carboxylic acids is 1. The third-order valence-electron chi connectivity index (χ3n) is 3.18. The molecular weight excluding hydrogens is 236 g/mol. The van der Waals surface area contributed by atoms with Crippen LogP contribution in [0, 0.1) is 0 Å². The molecule has 0 bridgehead atoms. The normalized spacial score (nSPS) is 14.3. The molecule has 1 aromatic rings. The molecule has 0 radical (unpaired) electrons. The van der Waals surface area contributed by atoms with Gasteiger partial charge in [-0.25, -0.2) is 0 Å². The zero-order valence-corrected chi connectivity index (χ0v) is 11.7. The molecule has 1 aliphatic carbocycles. The second-order valence-corrected chi connectivity index (χ2v) is 5.32. The first-order chi connectivity index (χ1) is 9.13. The van der Waals surface area contributed by atoms with Crippen molar-refractivity contribution in [1.82, 2.24) is 4.90 Å². The van der Waals surface area contributed by atoms with Crippen LogP contribution in [0.4, 0.5) is 5.69 Å². The third-order valence-corrected chi connectivity index (χ3v) is 3.18. The van der Waals surface area contributed by atoms with Crippen LogP contribution in [0.25, 0.3) is 0 Å². The van der Waals surface area contributed by atoms with Crippen molar-refractivity contribution in [3.05, 3.63) is 42.5 Å². The Hall–Kier alpha value is -1.77. The summed E-state index contributed by atoms with van der Waals surface area (Å²) >= 11 is 0. The predicted octanol–water partition coefficient (Wildman–Crippen LogP) is 3.30. The zero-order valence-electron chi connectivity index (χ0n) is 11.7. The Labute approximate surface area is 115 Å². The van der Waals surface area contributed by atoms with Crippen LogP contribution in [0.5, 0.6) is 0 Å². The van der Waals surface area contributed by atoms with Crippen molar-refractivity contribution in [1.29, 1.82) is 0 Å². The molecule has 3 heteroatoms. The largest absolute Gasteiger partial charge is 0.382 e. The maximum Gasteiger partial charge on any atom is 0.256 e. The van der Waals surface area contributed by atoms with Gasteiger partial charge in [0.25, 0.3) is 5.91 Å². The molecule has 1 fully saturated rings.